The van der Waals surface area contributed by atoms with Crippen LogP contribution in [-0.2, 0) is 11.2 Å². The van der Waals surface area contributed by atoms with E-state index in [1.165, 1.54) is 30.0 Å². The number of hydrogen-bond acceptors (Lipinski definition) is 3. The summed E-state index contributed by atoms with van der Waals surface area (Å²) in [7, 11) is 0. The Morgan fingerprint density at radius 2 is 1.97 bits per heavy atom. The van der Waals surface area contributed by atoms with Crippen LogP contribution in [0.2, 0.25) is 10.0 Å². The summed E-state index contributed by atoms with van der Waals surface area (Å²) in [5.41, 5.74) is 1.69. The molecule has 0 bridgehead atoms. The number of carboxylic acids is 1. The smallest absolute Gasteiger partial charge is 0.336 e. The number of hydrogen-bond donors (Lipinski definition) is 1. The van der Waals surface area contributed by atoms with Gasteiger partial charge in [0.1, 0.15) is 11.6 Å². The van der Waals surface area contributed by atoms with Gasteiger partial charge < -0.3 is 9.67 Å². The van der Waals surface area contributed by atoms with Gasteiger partial charge >= 0.3 is 5.97 Å². The largest absolute Gasteiger partial charge is 0.478 e. The Hall–Kier alpha value is -2.61. The summed E-state index contributed by atoms with van der Waals surface area (Å²) >= 11 is 13.8. The van der Waals surface area contributed by atoms with E-state index in [2.05, 4.69) is 23.4 Å². The molecule has 2 aromatic carbocycles. The molecule has 1 aromatic heterocycles. The fourth-order valence-corrected chi connectivity index (χ4v) is 5.59. The molecule has 1 atom stereocenters. The van der Waals surface area contributed by atoms with Gasteiger partial charge in [0.15, 0.2) is 5.16 Å². The van der Waals surface area contributed by atoms with Crippen molar-refractivity contribution in [1.29, 1.82) is 0 Å². The topological polar surface area (TPSA) is 55.1 Å². The number of thioether (sulfide) groups is 1. The number of benzene rings is 2. The Morgan fingerprint density at radius 1 is 1.19 bits per heavy atom. The van der Waals surface area contributed by atoms with Gasteiger partial charge in [-0.25, -0.2) is 18.6 Å². The van der Waals surface area contributed by atoms with Crippen LogP contribution in [0.15, 0.2) is 71.8 Å². The van der Waals surface area contributed by atoms with Crippen molar-refractivity contribution >= 4 is 40.9 Å². The van der Waals surface area contributed by atoms with Crippen molar-refractivity contribution in [2.45, 2.75) is 49.1 Å². The van der Waals surface area contributed by atoms with Crippen LogP contribution in [-0.4, -0.2) is 20.6 Å². The first-order valence-corrected chi connectivity index (χ1v) is 13.0. The van der Waals surface area contributed by atoms with E-state index >= 15 is 0 Å². The number of aromatic carboxylic acids is 1. The molecule has 0 aliphatic heterocycles. The maximum absolute atomic E-state index is 14.0. The SMILES string of the molecule is CC(C)(c1ccc(Cl)c(Cl)c1)c1cnc(SCc2ccc(F)cc2C(=O)O)n1C1C=CC(F)=CCC1. The number of halogens is 4. The Balaban J connectivity index is 1.76. The van der Waals surface area contributed by atoms with Crippen LogP contribution in [0.1, 0.15) is 59.9 Å². The van der Waals surface area contributed by atoms with Crippen molar-refractivity contribution < 1.29 is 18.7 Å². The van der Waals surface area contributed by atoms with Gasteiger partial charge in [-0.05, 0) is 60.4 Å². The minimum atomic E-state index is -1.19. The van der Waals surface area contributed by atoms with Crippen LogP contribution in [0.25, 0.3) is 0 Å². The minimum Gasteiger partial charge on any atom is -0.478 e. The molecule has 1 aliphatic rings. The molecule has 1 heterocycles. The Kier molecular flexibility index (Phi) is 7.93. The highest BCUT2D eigenvalue weighted by molar-refractivity contribution is 7.98. The zero-order chi connectivity index (χ0) is 26.0. The van der Waals surface area contributed by atoms with E-state index in [0.717, 1.165) is 17.3 Å². The van der Waals surface area contributed by atoms with Crippen molar-refractivity contribution in [2.75, 3.05) is 0 Å². The molecule has 1 N–H and O–H groups in total. The van der Waals surface area contributed by atoms with Crippen molar-refractivity contribution in [1.82, 2.24) is 9.55 Å². The Labute approximate surface area is 222 Å². The second kappa shape index (κ2) is 10.8. The van der Waals surface area contributed by atoms with Crippen molar-refractivity contribution in [2.24, 2.45) is 0 Å². The fourth-order valence-electron chi connectivity index (χ4n) is 4.26. The molecule has 4 rings (SSSR count). The molecule has 0 spiro atoms. The van der Waals surface area contributed by atoms with Gasteiger partial charge in [-0.2, -0.15) is 0 Å². The zero-order valence-corrected chi connectivity index (χ0v) is 22.0. The van der Waals surface area contributed by atoms with Gasteiger partial charge in [0.05, 0.1) is 27.8 Å². The lowest BCUT2D eigenvalue weighted by Gasteiger charge is -2.30. The van der Waals surface area contributed by atoms with Crippen LogP contribution in [0.4, 0.5) is 8.78 Å². The molecule has 0 saturated carbocycles. The second-order valence-corrected chi connectivity index (χ2v) is 10.8. The molecule has 4 nitrogen and oxygen atoms in total. The van der Waals surface area contributed by atoms with Crippen LogP contribution >= 0.6 is 35.0 Å². The van der Waals surface area contributed by atoms with Gasteiger partial charge in [0, 0.05) is 16.9 Å². The Bertz CT molecular complexity index is 1370. The number of rotatable bonds is 7. The first-order valence-electron chi connectivity index (χ1n) is 11.3. The van der Waals surface area contributed by atoms with Gasteiger partial charge in [0.25, 0.3) is 0 Å². The highest BCUT2D eigenvalue weighted by Crippen LogP contribution is 2.40. The predicted molar refractivity (Wildman–Crippen MR) is 140 cm³/mol. The molecule has 36 heavy (non-hydrogen) atoms. The molecular formula is C27H24Cl2F2N2O2S. The molecule has 0 amide bonds. The molecule has 3 aromatic rings. The van der Waals surface area contributed by atoms with E-state index in [1.807, 2.05) is 18.2 Å². The number of carbonyl (C=O) groups is 1. The minimum absolute atomic E-state index is 0.0856. The number of imidazole rings is 1. The average molecular weight is 549 g/mol. The maximum atomic E-state index is 14.0. The summed E-state index contributed by atoms with van der Waals surface area (Å²) in [6.45, 7) is 4.10. The highest BCUT2D eigenvalue weighted by Gasteiger charge is 2.31. The van der Waals surface area contributed by atoms with Gasteiger partial charge in [-0.3, -0.25) is 0 Å². The number of aromatic nitrogens is 2. The molecule has 1 unspecified atom stereocenters. The second-order valence-electron chi connectivity index (χ2n) is 9.04. The van der Waals surface area contributed by atoms with Crippen molar-refractivity contribution in [3.8, 4) is 0 Å². The summed E-state index contributed by atoms with van der Waals surface area (Å²) in [6, 6.07) is 9.07. The van der Waals surface area contributed by atoms with E-state index in [0.29, 0.717) is 33.6 Å². The molecule has 9 heteroatoms. The number of allylic oxidation sites excluding steroid dienone is 4. The summed E-state index contributed by atoms with van der Waals surface area (Å²) < 4.78 is 29.7. The highest BCUT2D eigenvalue weighted by atomic mass is 35.5. The van der Waals surface area contributed by atoms with Crippen LogP contribution in [0.3, 0.4) is 0 Å². The fraction of sp³-hybridized carbons (Fsp3) is 0.259. The first-order chi connectivity index (χ1) is 17.1. The molecule has 1 aliphatic carbocycles. The third-order valence-corrected chi connectivity index (χ3v) is 8.07. The maximum Gasteiger partial charge on any atom is 0.336 e. The van der Waals surface area contributed by atoms with Gasteiger partial charge in [-0.1, -0.05) is 67.0 Å². The third-order valence-electron chi connectivity index (χ3n) is 6.31. The molecular weight excluding hydrogens is 525 g/mol. The summed E-state index contributed by atoms with van der Waals surface area (Å²) in [5, 5.41) is 11.1. The van der Waals surface area contributed by atoms with Crippen molar-refractivity contribution in [3.05, 3.63) is 105 Å². The molecule has 0 saturated heterocycles. The van der Waals surface area contributed by atoms with E-state index in [9.17, 15) is 18.7 Å². The lowest BCUT2D eigenvalue weighted by Crippen LogP contribution is -2.25. The third kappa shape index (κ3) is 5.53. The zero-order valence-electron chi connectivity index (χ0n) is 19.6. The Morgan fingerprint density at radius 3 is 2.69 bits per heavy atom. The van der Waals surface area contributed by atoms with E-state index in [1.54, 1.807) is 18.3 Å². The monoisotopic (exact) mass is 548 g/mol. The quantitative estimate of drug-likeness (QED) is 0.301. The first kappa shape index (κ1) is 26.5. The van der Waals surface area contributed by atoms with E-state index < -0.39 is 17.2 Å². The lowest BCUT2D eigenvalue weighted by atomic mass is 9.81. The number of nitrogens with zero attached hydrogens (tertiary/aromatic N) is 2. The van der Waals surface area contributed by atoms with Gasteiger partial charge in [0.2, 0.25) is 0 Å². The molecule has 0 radical (unpaired) electrons. The predicted octanol–water partition coefficient (Wildman–Crippen LogP) is 8.39. The van der Waals surface area contributed by atoms with Crippen LogP contribution in [0.5, 0.6) is 0 Å². The van der Waals surface area contributed by atoms with Gasteiger partial charge in [-0.15, -0.1) is 0 Å². The summed E-state index contributed by atoms with van der Waals surface area (Å²) in [5.74, 6) is -1.81. The summed E-state index contributed by atoms with van der Waals surface area (Å²) in [6.07, 6.45) is 7.84. The molecule has 0 fully saturated rings. The van der Waals surface area contributed by atoms with Crippen molar-refractivity contribution in [3.63, 3.8) is 0 Å². The normalized spacial score (nSPS) is 16.1. The summed E-state index contributed by atoms with van der Waals surface area (Å²) in [4.78, 5) is 16.3. The van der Waals surface area contributed by atoms with E-state index in [-0.39, 0.29) is 23.2 Å². The van der Waals surface area contributed by atoms with Crippen LogP contribution < -0.4 is 0 Å². The average Bonchev–Trinajstić information content (AvgIpc) is 3.15. The van der Waals surface area contributed by atoms with E-state index in [4.69, 9.17) is 23.2 Å². The number of carboxylic acid groups (broad SMARTS) is 1. The molecule has 188 valence electrons. The lowest BCUT2D eigenvalue weighted by molar-refractivity contribution is 0.0695. The van der Waals surface area contributed by atoms with Crippen LogP contribution in [0, 0.1) is 5.82 Å². The standard InChI is InChI=1S/C27H24Cl2F2N2O2S/c1-27(2,17-7-11-22(28)23(29)12-17)24-14-32-26(33(24)20-5-3-4-18(30)9-10-20)36-15-16-6-8-19(31)13-21(16)25(34)35/h4,6-14,20H,3,5,15H2,1-2H3,(H,34,35).